The summed E-state index contributed by atoms with van der Waals surface area (Å²) < 4.78 is 23.8. The lowest BCUT2D eigenvalue weighted by Crippen LogP contribution is -2.03. The standard InChI is InChI=1S/C12H14FN3O2/c13-9-3-1-2-4-10(9)17-8-6-12-16-15-11(18-12)5-7-14/h1-4H,5-8,14H2. The van der Waals surface area contributed by atoms with Gasteiger partial charge in [-0.05, 0) is 12.1 Å². The molecule has 0 saturated carbocycles. The molecular weight excluding hydrogens is 237 g/mol. The van der Waals surface area contributed by atoms with Gasteiger partial charge in [0.25, 0.3) is 0 Å². The number of ether oxygens (including phenoxy) is 1. The van der Waals surface area contributed by atoms with E-state index in [9.17, 15) is 4.39 Å². The van der Waals surface area contributed by atoms with Gasteiger partial charge in [-0.3, -0.25) is 0 Å². The molecule has 0 saturated heterocycles. The van der Waals surface area contributed by atoms with Crippen molar-refractivity contribution in [3.63, 3.8) is 0 Å². The number of nitrogens with zero attached hydrogens (tertiary/aromatic N) is 2. The molecule has 0 fully saturated rings. The molecule has 2 N–H and O–H groups in total. The Morgan fingerprint density at radius 3 is 2.61 bits per heavy atom. The predicted molar refractivity (Wildman–Crippen MR) is 62.7 cm³/mol. The van der Waals surface area contributed by atoms with Crippen molar-refractivity contribution in [1.29, 1.82) is 0 Å². The Balaban J connectivity index is 1.83. The molecule has 6 heteroatoms. The first kappa shape index (κ1) is 12.5. The van der Waals surface area contributed by atoms with E-state index < -0.39 is 0 Å². The minimum atomic E-state index is -0.383. The Kier molecular flexibility index (Phi) is 4.25. The van der Waals surface area contributed by atoms with Gasteiger partial charge in [0, 0.05) is 13.0 Å². The first-order valence-corrected chi connectivity index (χ1v) is 5.68. The van der Waals surface area contributed by atoms with E-state index in [0.717, 1.165) is 0 Å². The molecule has 0 spiro atoms. The van der Waals surface area contributed by atoms with Crippen LogP contribution >= 0.6 is 0 Å². The molecule has 5 nitrogen and oxygen atoms in total. The van der Waals surface area contributed by atoms with E-state index in [2.05, 4.69) is 10.2 Å². The lowest BCUT2D eigenvalue weighted by atomic mass is 10.3. The Morgan fingerprint density at radius 2 is 1.89 bits per heavy atom. The van der Waals surface area contributed by atoms with Gasteiger partial charge in [0.15, 0.2) is 11.6 Å². The van der Waals surface area contributed by atoms with E-state index in [1.54, 1.807) is 18.2 Å². The lowest BCUT2D eigenvalue weighted by molar-refractivity contribution is 0.290. The molecule has 0 bridgehead atoms. The number of nitrogens with two attached hydrogens (primary N) is 1. The fourth-order valence-electron chi connectivity index (χ4n) is 1.42. The zero-order valence-electron chi connectivity index (χ0n) is 9.80. The molecule has 1 heterocycles. The number of hydrogen-bond acceptors (Lipinski definition) is 5. The first-order valence-electron chi connectivity index (χ1n) is 5.68. The summed E-state index contributed by atoms with van der Waals surface area (Å²) in [6.07, 6.45) is 0.993. The highest BCUT2D eigenvalue weighted by molar-refractivity contribution is 5.23. The Labute approximate surface area is 104 Å². The summed E-state index contributed by atoms with van der Waals surface area (Å²) in [6.45, 7) is 0.749. The summed E-state index contributed by atoms with van der Waals surface area (Å²) >= 11 is 0. The van der Waals surface area contributed by atoms with Crippen molar-refractivity contribution in [3.8, 4) is 5.75 Å². The molecule has 0 aliphatic rings. The minimum absolute atomic E-state index is 0.221. The zero-order valence-corrected chi connectivity index (χ0v) is 9.80. The van der Waals surface area contributed by atoms with E-state index >= 15 is 0 Å². The fourth-order valence-corrected chi connectivity index (χ4v) is 1.42. The molecule has 18 heavy (non-hydrogen) atoms. The van der Waals surface area contributed by atoms with Crippen LogP contribution in [0.25, 0.3) is 0 Å². The topological polar surface area (TPSA) is 74.2 Å². The van der Waals surface area contributed by atoms with Gasteiger partial charge < -0.3 is 14.9 Å². The summed E-state index contributed by atoms with van der Waals surface area (Å²) in [4.78, 5) is 0. The second kappa shape index (κ2) is 6.11. The third-order valence-corrected chi connectivity index (χ3v) is 2.28. The van der Waals surface area contributed by atoms with Gasteiger partial charge in [-0.25, -0.2) is 4.39 Å². The van der Waals surface area contributed by atoms with Crippen LogP contribution in [0.1, 0.15) is 11.8 Å². The maximum absolute atomic E-state index is 13.2. The average molecular weight is 251 g/mol. The summed E-state index contributed by atoms with van der Waals surface area (Å²) in [5.74, 6) is 0.819. The van der Waals surface area contributed by atoms with E-state index in [4.69, 9.17) is 14.9 Å². The Morgan fingerprint density at radius 1 is 1.17 bits per heavy atom. The van der Waals surface area contributed by atoms with Gasteiger partial charge in [0.2, 0.25) is 11.8 Å². The highest BCUT2D eigenvalue weighted by Gasteiger charge is 2.06. The quantitative estimate of drug-likeness (QED) is 0.838. The van der Waals surface area contributed by atoms with Crippen LogP contribution in [0.15, 0.2) is 28.7 Å². The third-order valence-electron chi connectivity index (χ3n) is 2.28. The monoisotopic (exact) mass is 251 g/mol. The highest BCUT2D eigenvalue weighted by Crippen LogP contribution is 2.15. The van der Waals surface area contributed by atoms with Crippen LogP contribution in [0.4, 0.5) is 4.39 Å². The Hall–Kier alpha value is -1.95. The summed E-state index contributed by atoms with van der Waals surface area (Å²) in [7, 11) is 0. The van der Waals surface area contributed by atoms with Gasteiger partial charge in [-0.15, -0.1) is 10.2 Å². The maximum Gasteiger partial charge on any atom is 0.219 e. The molecule has 0 radical (unpaired) electrons. The van der Waals surface area contributed by atoms with E-state index in [1.807, 2.05) is 0 Å². The number of halogens is 1. The molecule has 96 valence electrons. The Bertz CT molecular complexity index is 502. The molecule has 0 amide bonds. The van der Waals surface area contributed by atoms with Crippen LogP contribution in [0.2, 0.25) is 0 Å². The van der Waals surface area contributed by atoms with Crippen LogP contribution in [-0.2, 0) is 12.8 Å². The summed E-state index contributed by atoms with van der Waals surface area (Å²) in [5, 5.41) is 7.67. The van der Waals surface area contributed by atoms with Crippen molar-refractivity contribution in [2.24, 2.45) is 5.73 Å². The van der Waals surface area contributed by atoms with Gasteiger partial charge in [-0.1, -0.05) is 12.1 Å². The normalized spacial score (nSPS) is 10.6. The van der Waals surface area contributed by atoms with Crippen molar-refractivity contribution in [2.45, 2.75) is 12.8 Å². The van der Waals surface area contributed by atoms with E-state index in [1.165, 1.54) is 6.07 Å². The second-order valence-corrected chi connectivity index (χ2v) is 3.66. The molecule has 0 aliphatic heterocycles. The molecule has 0 aliphatic carbocycles. The number of rotatable bonds is 6. The SMILES string of the molecule is NCCc1nnc(CCOc2ccccc2F)o1. The van der Waals surface area contributed by atoms with E-state index in [-0.39, 0.29) is 18.2 Å². The van der Waals surface area contributed by atoms with Crippen molar-refractivity contribution in [1.82, 2.24) is 10.2 Å². The maximum atomic E-state index is 13.2. The average Bonchev–Trinajstić information content (AvgIpc) is 2.80. The third kappa shape index (κ3) is 3.27. The van der Waals surface area contributed by atoms with Crippen molar-refractivity contribution in [2.75, 3.05) is 13.2 Å². The second-order valence-electron chi connectivity index (χ2n) is 3.66. The van der Waals surface area contributed by atoms with Crippen LogP contribution in [0, 0.1) is 5.82 Å². The minimum Gasteiger partial charge on any atom is -0.490 e. The highest BCUT2D eigenvalue weighted by atomic mass is 19.1. The fraction of sp³-hybridized carbons (Fsp3) is 0.333. The summed E-state index contributed by atoms with van der Waals surface area (Å²) in [6, 6.07) is 6.24. The lowest BCUT2D eigenvalue weighted by Gasteiger charge is -2.04. The van der Waals surface area contributed by atoms with Gasteiger partial charge in [0.1, 0.15) is 0 Å². The predicted octanol–water partition coefficient (Wildman–Crippen LogP) is 1.33. The smallest absolute Gasteiger partial charge is 0.219 e. The summed E-state index contributed by atoms with van der Waals surface area (Å²) in [5.41, 5.74) is 5.37. The molecule has 1 aromatic carbocycles. The van der Waals surface area contributed by atoms with Crippen LogP contribution < -0.4 is 10.5 Å². The van der Waals surface area contributed by atoms with Crippen LogP contribution in [0.5, 0.6) is 5.75 Å². The first-order chi connectivity index (χ1) is 8.79. The van der Waals surface area contributed by atoms with Crippen molar-refractivity contribution in [3.05, 3.63) is 41.9 Å². The zero-order chi connectivity index (χ0) is 12.8. The van der Waals surface area contributed by atoms with E-state index in [0.29, 0.717) is 31.2 Å². The number of benzene rings is 1. The molecule has 2 rings (SSSR count). The van der Waals surface area contributed by atoms with Gasteiger partial charge in [0.05, 0.1) is 13.0 Å². The van der Waals surface area contributed by atoms with Crippen LogP contribution in [0.3, 0.4) is 0 Å². The molecular formula is C12H14FN3O2. The van der Waals surface area contributed by atoms with Crippen molar-refractivity contribution < 1.29 is 13.5 Å². The molecule has 0 unspecified atom stereocenters. The number of para-hydroxylation sites is 1. The van der Waals surface area contributed by atoms with Crippen LogP contribution in [-0.4, -0.2) is 23.3 Å². The largest absolute Gasteiger partial charge is 0.490 e. The van der Waals surface area contributed by atoms with Gasteiger partial charge >= 0.3 is 0 Å². The molecule has 0 atom stereocenters. The number of hydrogen-bond donors (Lipinski definition) is 1. The molecule has 1 aromatic heterocycles. The van der Waals surface area contributed by atoms with Gasteiger partial charge in [-0.2, -0.15) is 0 Å². The number of aromatic nitrogens is 2. The van der Waals surface area contributed by atoms with Crippen molar-refractivity contribution >= 4 is 0 Å². The molecule has 2 aromatic rings.